The molecule has 7 heteroatoms. The van der Waals surface area contributed by atoms with Crippen molar-refractivity contribution in [2.75, 3.05) is 5.32 Å². The fraction of sp³-hybridized carbons (Fsp3) is 0. The topological polar surface area (TPSA) is 74.5 Å². The molecule has 0 atom stereocenters. The number of halogens is 1. The number of carbonyl (C=O) groups excluding carboxylic acids is 1. The smallest absolute Gasteiger partial charge is 0.293 e. The third-order valence-corrected chi connectivity index (χ3v) is 4.75. The summed E-state index contributed by atoms with van der Waals surface area (Å²) in [5.41, 5.74) is 1.53. The Labute approximate surface area is 176 Å². The van der Waals surface area contributed by atoms with E-state index in [1.165, 1.54) is 0 Å². The molecule has 0 saturated heterocycles. The molecule has 0 fully saturated rings. The quantitative estimate of drug-likeness (QED) is 0.375. The fourth-order valence-electron chi connectivity index (χ4n) is 2.93. The summed E-state index contributed by atoms with van der Waals surface area (Å²) >= 11 is 11.2. The predicted molar refractivity (Wildman–Crippen MR) is 118 cm³/mol. The summed E-state index contributed by atoms with van der Waals surface area (Å²) in [6.07, 6.45) is 0. The molecular weight excluding hydrogens is 408 g/mol. The molecule has 1 amide bonds. The fourth-order valence-corrected chi connectivity index (χ4v) is 3.26. The van der Waals surface area contributed by atoms with Gasteiger partial charge in [0.1, 0.15) is 11.5 Å². The molecule has 1 heterocycles. The van der Waals surface area contributed by atoms with E-state index in [-0.39, 0.29) is 16.6 Å². The van der Waals surface area contributed by atoms with Gasteiger partial charge < -0.3 is 14.8 Å². The lowest BCUT2D eigenvalue weighted by Gasteiger charge is -2.11. The maximum atomic E-state index is 12.5. The Kier molecular flexibility index (Phi) is 5.20. The van der Waals surface area contributed by atoms with Gasteiger partial charge in [-0.15, -0.1) is 0 Å². The van der Waals surface area contributed by atoms with Gasteiger partial charge in [-0.2, -0.15) is 0 Å². The standard InChI is InChI=1S/C22H15ClN2O3S/c23-15-6-4-13(5-7-15)19-10-11-20(28-19)21(27)25-22(29)24-18-3-1-2-14-12-16(26)8-9-17(14)18/h1-12,26H,(H2,24,25,27,29). The second-order valence-electron chi connectivity index (χ2n) is 6.29. The molecule has 0 aliphatic rings. The second kappa shape index (κ2) is 7.95. The SMILES string of the molecule is O=C(NC(=S)Nc1cccc2cc(O)ccc12)c1ccc(-c2ccc(Cl)cc2)o1. The Hall–Kier alpha value is -3.35. The number of phenolic OH excluding ortho intramolecular Hbond substituents is 1. The van der Waals surface area contributed by atoms with Crippen molar-refractivity contribution in [2.45, 2.75) is 0 Å². The van der Waals surface area contributed by atoms with Crippen molar-refractivity contribution in [3.63, 3.8) is 0 Å². The molecule has 144 valence electrons. The molecule has 29 heavy (non-hydrogen) atoms. The van der Waals surface area contributed by atoms with Gasteiger partial charge in [0.25, 0.3) is 5.91 Å². The number of hydrogen-bond donors (Lipinski definition) is 3. The molecule has 0 aliphatic carbocycles. The van der Waals surface area contributed by atoms with E-state index in [0.29, 0.717) is 16.5 Å². The first kappa shape index (κ1) is 19.0. The number of amides is 1. The van der Waals surface area contributed by atoms with E-state index < -0.39 is 5.91 Å². The van der Waals surface area contributed by atoms with Gasteiger partial charge >= 0.3 is 0 Å². The second-order valence-corrected chi connectivity index (χ2v) is 7.13. The Morgan fingerprint density at radius 3 is 2.59 bits per heavy atom. The van der Waals surface area contributed by atoms with Crippen molar-refractivity contribution < 1.29 is 14.3 Å². The average molecular weight is 423 g/mol. The summed E-state index contributed by atoms with van der Waals surface area (Å²) in [5, 5.41) is 17.7. The monoisotopic (exact) mass is 422 g/mol. The van der Waals surface area contributed by atoms with E-state index in [4.69, 9.17) is 28.2 Å². The van der Waals surface area contributed by atoms with Crippen molar-refractivity contribution in [3.8, 4) is 17.1 Å². The van der Waals surface area contributed by atoms with E-state index >= 15 is 0 Å². The highest BCUT2D eigenvalue weighted by Gasteiger charge is 2.14. The first-order valence-electron chi connectivity index (χ1n) is 8.69. The van der Waals surface area contributed by atoms with Crippen molar-refractivity contribution in [1.29, 1.82) is 0 Å². The highest BCUT2D eigenvalue weighted by molar-refractivity contribution is 7.80. The van der Waals surface area contributed by atoms with Gasteiger partial charge in [-0.3, -0.25) is 10.1 Å². The molecular formula is C22H15ClN2O3S. The Balaban J connectivity index is 1.47. The molecule has 0 spiro atoms. The minimum atomic E-state index is -0.458. The number of benzene rings is 3. The van der Waals surface area contributed by atoms with Crippen LogP contribution in [0.15, 0.2) is 77.2 Å². The number of nitrogens with one attached hydrogen (secondary N) is 2. The Morgan fingerprint density at radius 1 is 1.00 bits per heavy atom. The normalized spacial score (nSPS) is 10.7. The number of carbonyl (C=O) groups is 1. The van der Waals surface area contributed by atoms with Crippen molar-refractivity contribution in [1.82, 2.24) is 5.32 Å². The third kappa shape index (κ3) is 4.23. The van der Waals surface area contributed by atoms with Crippen molar-refractivity contribution in [2.24, 2.45) is 0 Å². The van der Waals surface area contributed by atoms with Gasteiger partial charge in [0.15, 0.2) is 10.9 Å². The molecule has 3 aromatic carbocycles. The zero-order chi connectivity index (χ0) is 20.4. The highest BCUT2D eigenvalue weighted by atomic mass is 35.5. The van der Waals surface area contributed by atoms with Gasteiger partial charge in [-0.25, -0.2) is 0 Å². The van der Waals surface area contributed by atoms with Crippen LogP contribution in [0.5, 0.6) is 5.75 Å². The van der Waals surface area contributed by atoms with E-state index in [1.54, 1.807) is 42.5 Å². The molecule has 5 nitrogen and oxygen atoms in total. The summed E-state index contributed by atoms with van der Waals surface area (Å²) < 4.78 is 5.64. The number of rotatable bonds is 3. The van der Waals surface area contributed by atoms with Crippen LogP contribution in [0.25, 0.3) is 22.1 Å². The zero-order valence-electron chi connectivity index (χ0n) is 15.0. The summed E-state index contributed by atoms with van der Waals surface area (Å²) in [6.45, 7) is 0. The maximum absolute atomic E-state index is 12.5. The minimum absolute atomic E-state index is 0.139. The van der Waals surface area contributed by atoms with Crippen LogP contribution in [0.2, 0.25) is 5.02 Å². The van der Waals surface area contributed by atoms with Gasteiger partial charge in [-0.1, -0.05) is 23.7 Å². The van der Waals surface area contributed by atoms with Crippen LogP contribution in [0.4, 0.5) is 5.69 Å². The highest BCUT2D eigenvalue weighted by Crippen LogP contribution is 2.27. The van der Waals surface area contributed by atoms with Crippen molar-refractivity contribution in [3.05, 3.63) is 83.6 Å². The van der Waals surface area contributed by atoms with Crippen LogP contribution in [0.1, 0.15) is 10.6 Å². The van der Waals surface area contributed by atoms with Gasteiger partial charge in [0.2, 0.25) is 0 Å². The number of furan rings is 1. The van der Waals surface area contributed by atoms with Gasteiger partial charge in [0.05, 0.1) is 0 Å². The Bertz CT molecular complexity index is 1220. The number of aromatic hydroxyl groups is 1. The zero-order valence-corrected chi connectivity index (χ0v) is 16.6. The first-order valence-corrected chi connectivity index (χ1v) is 9.48. The summed E-state index contributed by atoms with van der Waals surface area (Å²) in [5.74, 6) is 0.418. The summed E-state index contributed by atoms with van der Waals surface area (Å²) in [4.78, 5) is 12.5. The number of anilines is 1. The summed E-state index contributed by atoms with van der Waals surface area (Å²) in [6, 6.07) is 21.0. The van der Waals surface area contributed by atoms with Gasteiger partial charge in [0, 0.05) is 21.7 Å². The molecule has 0 bridgehead atoms. The minimum Gasteiger partial charge on any atom is -0.508 e. The van der Waals surface area contributed by atoms with Crippen LogP contribution in [0, 0.1) is 0 Å². The van der Waals surface area contributed by atoms with Crippen LogP contribution in [0.3, 0.4) is 0 Å². The maximum Gasteiger partial charge on any atom is 0.293 e. The van der Waals surface area contributed by atoms with Gasteiger partial charge in [-0.05, 0) is 78.3 Å². The lowest BCUT2D eigenvalue weighted by Crippen LogP contribution is -2.33. The molecule has 0 unspecified atom stereocenters. The lowest BCUT2D eigenvalue weighted by molar-refractivity contribution is 0.0951. The van der Waals surface area contributed by atoms with Crippen LogP contribution in [-0.4, -0.2) is 16.1 Å². The van der Waals surface area contributed by atoms with E-state index in [0.717, 1.165) is 16.3 Å². The third-order valence-electron chi connectivity index (χ3n) is 4.30. The molecule has 0 aliphatic heterocycles. The Morgan fingerprint density at radius 2 is 1.79 bits per heavy atom. The largest absolute Gasteiger partial charge is 0.508 e. The van der Waals surface area contributed by atoms with E-state index in [9.17, 15) is 9.90 Å². The molecule has 0 radical (unpaired) electrons. The van der Waals surface area contributed by atoms with E-state index in [2.05, 4.69) is 10.6 Å². The van der Waals surface area contributed by atoms with Crippen LogP contribution < -0.4 is 10.6 Å². The van der Waals surface area contributed by atoms with Crippen LogP contribution in [-0.2, 0) is 0 Å². The number of phenols is 1. The number of hydrogen-bond acceptors (Lipinski definition) is 4. The number of fused-ring (bicyclic) bond motifs is 1. The molecule has 0 saturated carbocycles. The average Bonchev–Trinajstić information content (AvgIpc) is 3.19. The molecule has 1 aromatic heterocycles. The predicted octanol–water partition coefficient (Wildman–Crippen LogP) is 5.59. The first-order chi connectivity index (χ1) is 14.0. The van der Waals surface area contributed by atoms with Crippen LogP contribution >= 0.6 is 23.8 Å². The molecule has 3 N–H and O–H groups in total. The van der Waals surface area contributed by atoms with Crippen molar-refractivity contribution >= 4 is 51.3 Å². The molecule has 4 rings (SSSR count). The molecule has 4 aromatic rings. The number of thiocarbonyl (C=S) groups is 1. The lowest BCUT2D eigenvalue weighted by atomic mass is 10.1. The van der Waals surface area contributed by atoms with E-state index in [1.807, 2.05) is 30.3 Å². The summed E-state index contributed by atoms with van der Waals surface area (Å²) in [7, 11) is 0.